The minimum atomic E-state index is -0.289. The van der Waals surface area contributed by atoms with E-state index in [0.717, 1.165) is 35.2 Å². The Labute approximate surface area is 102 Å². The van der Waals surface area contributed by atoms with Crippen LogP contribution in [0.15, 0.2) is 5.51 Å². The van der Waals surface area contributed by atoms with Crippen LogP contribution in [0.3, 0.4) is 0 Å². The Bertz CT molecular complexity index is 349. The summed E-state index contributed by atoms with van der Waals surface area (Å²) in [5, 5.41) is 10.4. The first-order chi connectivity index (χ1) is 7.59. The van der Waals surface area contributed by atoms with Crippen molar-refractivity contribution in [1.82, 2.24) is 4.98 Å². The highest BCUT2D eigenvalue weighted by atomic mass is 32.1. The first kappa shape index (κ1) is 12.1. The van der Waals surface area contributed by atoms with E-state index >= 15 is 0 Å². The molecule has 0 amide bonds. The van der Waals surface area contributed by atoms with Crippen molar-refractivity contribution in [3.05, 3.63) is 16.1 Å². The minimum absolute atomic E-state index is 0.289. The minimum Gasteiger partial charge on any atom is -0.387 e. The van der Waals surface area contributed by atoms with E-state index in [9.17, 15) is 5.11 Å². The summed E-state index contributed by atoms with van der Waals surface area (Å²) in [4.78, 5) is 5.30. The number of aliphatic hydroxyl groups is 1. The summed E-state index contributed by atoms with van der Waals surface area (Å²) in [7, 11) is 0. The largest absolute Gasteiger partial charge is 0.387 e. The molecule has 1 heterocycles. The standard InChI is InChI=1S/C13H21NOS/c1-8-4-5-11(6-9(8)2)12(15)13-10(3)14-7-16-13/h7-9,11-12,15H,4-6H2,1-3H3. The van der Waals surface area contributed by atoms with Crippen LogP contribution < -0.4 is 0 Å². The molecule has 2 nitrogen and oxygen atoms in total. The summed E-state index contributed by atoms with van der Waals surface area (Å²) in [6.07, 6.45) is 3.27. The Morgan fingerprint density at radius 2 is 2.12 bits per heavy atom. The van der Waals surface area contributed by atoms with Crippen LogP contribution in [-0.2, 0) is 0 Å². The second-order valence-electron chi connectivity index (χ2n) is 5.27. The molecule has 1 aromatic rings. The van der Waals surface area contributed by atoms with Crippen molar-refractivity contribution in [3.8, 4) is 0 Å². The van der Waals surface area contributed by atoms with Crippen LogP contribution in [0.4, 0.5) is 0 Å². The van der Waals surface area contributed by atoms with Crippen LogP contribution in [0.1, 0.15) is 49.8 Å². The van der Waals surface area contributed by atoms with Gasteiger partial charge in [0.15, 0.2) is 0 Å². The lowest BCUT2D eigenvalue weighted by molar-refractivity contribution is 0.0580. The molecule has 0 aliphatic heterocycles. The van der Waals surface area contributed by atoms with Gasteiger partial charge >= 0.3 is 0 Å². The maximum absolute atomic E-state index is 10.4. The summed E-state index contributed by atoms with van der Waals surface area (Å²) < 4.78 is 0. The van der Waals surface area contributed by atoms with Gasteiger partial charge in [-0.3, -0.25) is 0 Å². The quantitative estimate of drug-likeness (QED) is 0.856. The van der Waals surface area contributed by atoms with Gasteiger partial charge in [0.1, 0.15) is 0 Å². The van der Waals surface area contributed by atoms with Gasteiger partial charge in [-0.05, 0) is 37.5 Å². The summed E-state index contributed by atoms with van der Waals surface area (Å²) >= 11 is 1.59. The lowest BCUT2D eigenvalue weighted by atomic mass is 9.73. The smallest absolute Gasteiger partial charge is 0.0928 e. The lowest BCUT2D eigenvalue weighted by Gasteiger charge is -2.34. The maximum atomic E-state index is 10.4. The van der Waals surface area contributed by atoms with E-state index < -0.39 is 0 Å². The molecule has 90 valence electrons. The summed E-state index contributed by atoms with van der Waals surface area (Å²) in [5.41, 5.74) is 2.84. The molecule has 0 aromatic carbocycles. The molecule has 1 saturated carbocycles. The van der Waals surface area contributed by atoms with E-state index in [1.807, 2.05) is 12.4 Å². The Hall–Kier alpha value is -0.410. The Morgan fingerprint density at radius 3 is 2.69 bits per heavy atom. The molecular weight excluding hydrogens is 218 g/mol. The molecule has 1 aliphatic carbocycles. The number of aromatic nitrogens is 1. The van der Waals surface area contributed by atoms with Gasteiger partial charge in [-0.1, -0.05) is 20.3 Å². The molecule has 1 aromatic heterocycles. The van der Waals surface area contributed by atoms with Crippen LogP contribution >= 0.6 is 11.3 Å². The van der Waals surface area contributed by atoms with Crippen molar-refractivity contribution in [3.63, 3.8) is 0 Å². The molecule has 0 spiro atoms. The summed E-state index contributed by atoms with van der Waals surface area (Å²) in [6, 6.07) is 0. The van der Waals surface area contributed by atoms with Crippen LogP contribution in [0, 0.1) is 24.7 Å². The highest BCUT2D eigenvalue weighted by molar-refractivity contribution is 7.09. The molecular formula is C13H21NOS. The molecule has 4 atom stereocenters. The van der Waals surface area contributed by atoms with Crippen molar-refractivity contribution in [1.29, 1.82) is 0 Å². The van der Waals surface area contributed by atoms with Crippen molar-refractivity contribution in [2.45, 2.75) is 46.1 Å². The van der Waals surface area contributed by atoms with Gasteiger partial charge in [0, 0.05) is 0 Å². The Balaban J connectivity index is 2.06. The fourth-order valence-electron chi connectivity index (χ4n) is 2.68. The fourth-order valence-corrected chi connectivity index (χ4v) is 3.56. The molecule has 0 bridgehead atoms. The Kier molecular flexibility index (Phi) is 3.65. The molecule has 0 saturated heterocycles. The predicted molar refractivity (Wildman–Crippen MR) is 67.5 cm³/mol. The van der Waals surface area contributed by atoms with Gasteiger partial charge in [-0.2, -0.15) is 0 Å². The van der Waals surface area contributed by atoms with E-state index in [-0.39, 0.29) is 6.10 Å². The third kappa shape index (κ3) is 2.30. The van der Waals surface area contributed by atoms with Crippen molar-refractivity contribution in [2.75, 3.05) is 0 Å². The zero-order valence-corrected chi connectivity index (χ0v) is 11.1. The monoisotopic (exact) mass is 239 g/mol. The second kappa shape index (κ2) is 4.84. The van der Waals surface area contributed by atoms with Crippen LogP contribution in [-0.4, -0.2) is 10.1 Å². The zero-order chi connectivity index (χ0) is 11.7. The fraction of sp³-hybridized carbons (Fsp3) is 0.769. The number of aliphatic hydroxyl groups excluding tert-OH is 1. The average molecular weight is 239 g/mol. The molecule has 4 unspecified atom stereocenters. The highest BCUT2D eigenvalue weighted by Gasteiger charge is 2.31. The topological polar surface area (TPSA) is 33.1 Å². The Morgan fingerprint density at radius 1 is 1.38 bits per heavy atom. The third-order valence-electron chi connectivity index (χ3n) is 4.14. The number of rotatable bonds is 2. The molecule has 1 fully saturated rings. The van der Waals surface area contributed by atoms with Crippen LogP contribution in [0.25, 0.3) is 0 Å². The summed E-state index contributed by atoms with van der Waals surface area (Å²) in [6.45, 7) is 6.62. The van der Waals surface area contributed by atoms with Gasteiger partial charge in [-0.25, -0.2) is 4.98 Å². The molecule has 0 radical (unpaired) electrons. The molecule has 2 rings (SSSR count). The number of aryl methyl sites for hydroxylation is 1. The van der Waals surface area contributed by atoms with E-state index in [2.05, 4.69) is 18.8 Å². The highest BCUT2D eigenvalue weighted by Crippen LogP contribution is 2.41. The van der Waals surface area contributed by atoms with Gasteiger partial charge < -0.3 is 5.11 Å². The first-order valence-electron chi connectivity index (χ1n) is 6.17. The van der Waals surface area contributed by atoms with Crippen LogP contribution in [0.2, 0.25) is 0 Å². The first-order valence-corrected chi connectivity index (χ1v) is 7.05. The van der Waals surface area contributed by atoms with Crippen molar-refractivity contribution < 1.29 is 5.11 Å². The summed E-state index contributed by atoms with van der Waals surface area (Å²) in [5.74, 6) is 1.98. The predicted octanol–water partition coefficient (Wildman–Crippen LogP) is 3.56. The van der Waals surface area contributed by atoms with Crippen molar-refractivity contribution >= 4 is 11.3 Å². The third-order valence-corrected chi connectivity index (χ3v) is 5.14. The van der Waals surface area contributed by atoms with E-state index in [1.165, 1.54) is 6.42 Å². The molecule has 1 aliphatic rings. The van der Waals surface area contributed by atoms with Gasteiger partial charge in [0.2, 0.25) is 0 Å². The van der Waals surface area contributed by atoms with Crippen molar-refractivity contribution in [2.24, 2.45) is 17.8 Å². The number of nitrogens with zero attached hydrogens (tertiary/aromatic N) is 1. The molecule has 1 N–H and O–H groups in total. The normalized spacial score (nSPS) is 32.6. The van der Waals surface area contributed by atoms with Gasteiger partial charge in [-0.15, -0.1) is 11.3 Å². The van der Waals surface area contributed by atoms with E-state index in [0.29, 0.717) is 5.92 Å². The van der Waals surface area contributed by atoms with Gasteiger partial charge in [0.25, 0.3) is 0 Å². The second-order valence-corrected chi connectivity index (χ2v) is 6.16. The van der Waals surface area contributed by atoms with Crippen LogP contribution in [0.5, 0.6) is 0 Å². The van der Waals surface area contributed by atoms with Gasteiger partial charge in [0.05, 0.1) is 22.2 Å². The maximum Gasteiger partial charge on any atom is 0.0928 e. The molecule has 3 heteroatoms. The number of hydrogen-bond acceptors (Lipinski definition) is 3. The van der Waals surface area contributed by atoms with E-state index in [4.69, 9.17) is 0 Å². The lowest BCUT2D eigenvalue weighted by Crippen LogP contribution is -2.25. The number of thiazole rings is 1. The molecule has 16 heavy (non-hydrogen) atoms. The zero-order valence-electron chi connectivity index (χ0n) is 10.3. The van der Waals surface area contributed by atoms with E-state index in [1.54, 1.807) is 11.3 Å². The number of hydrogen-bond donors (Lipinski definition) is 1. The average Bonchev–Trinajstić information content (AvgIpc) is 2.67. The SMILES string of the molecule is Cc1ncsc1C(O)C1CCC(C)C(C)C1.